The lowest BCUT2D eigenvalue weighted by Gasteiger charge is -2.50. The smallest absolute Gasteiger partial charge is 0.335 e. The zero-order chi connectivity index (χ0) is 24.6. The molecule has 0 heterocycles. The molecule has 0 aromatic heterocycles. The molecule has 4 atom stereocenters. The molecule has 3 aliphatic rings. The molecule has 7 N–H and O–H groups in total. The van der Waals surface area contributed by atoms with Gasteiger partial charge >= 0.3 is 5.97 Å². The number of primary amides is 1. The number of aliphatic hydroxyl groups excluding tert-OH is 2. The van der Waals surface area contributed by atoms with Gasteiger partial charge in [-0.25, -0.2) is 4.79 Å². The predicted molar refractivity (Wildman–Crippen MR) is 111 cm³/mol. The molecule has 1 aromatic rings. The third kappa shape index (κ3) is 2.82. The number of aliphatic hydroxyl groups is 3. The van der Waals surface area contributed by atoms with Crippen LogP contribution in [-0.4, -0.2) is 79.6 Å². The number of nitrogens with two attached hydrogens (primary N) is 1. The van der Waals surface area contributed by atoms with Gasteiger partial charge in [0.2, 0.25) is 5.78 Å². The molecule has 0 radical (unpaired) electrons. The summed E-state index contributed by atoms with van der Waals surface area (Å²) in [5, 5.41) is 52.9. The highest BCUT2D eigenvalue weighted by Gasteiger charge is 2.64. The van der Waals surface area contributed by atoms with Crippen molar-refractivity contribution in [1.82, 2.24) is 4.90 Å². The Morgan fingerprint density at radius 1 is 1.15 bits per heavy atom. The van der Waals surface area contributed by atoms with Gasteiger partial charge in [0.1, 0.15) is 22.8 Å². The first kappa shape index (κ1) is 22.5. The first-order valence-corrected chi connectivity index (χ1v) is 10.1. The highest BCUT2D eigenvalue weighted by atomic mass is 16.4. The summed E-state index contributed by atoms with van der Waals surface area (Å²) in [5.74, 6) is -9.05. The first-order valence-electron chi connectivity index (χ1n) is 10.1. The van der Waals surface area contributed by atoms with Gasteiger partial charge in [0.05, 0.1) is 17.2 Å². The number of hydrogen-bond donors (Lipinski definition) is 6. The van der Waals surface area contributed by atoms with Crippen LogP contribution in [0.25, 0.3) is 5.76 Å². The lowest BCUT2D eigenvalue weighted by molar-refractivity contribution is -0.153. The molecule has 11 nitrogen and oxygen atoms in total. The van der Waals surface area contributed by atoms with E-state index in [2.05, 4.69) is 0 Å². The molecule has 4 rings (SSSR count). The van der Waals surface area contributed by atoms with Crippen LogP contribution in [0.2, 0.25) is 0 Å². The second-order valence-corrected chi connectivity index (χ2v) is 8.75. The summed E-state index contributed by atoms with van der Waals surface area (Å²) in [6.45, 7) is 0. The molecule has 3 aliphatic carbocycles. The number of aromatic carboxylic acids is 1. The average Bonchev–Trinajstić information content (AvgIpc) is 2.70. The van der Waals surface area contributed by atoms with Crippen molar-refractivity contribution in [2.45, 2.75) is 24.5 Å². The van der Waals surface area contributed by atoms with Gasteiger partial charge in [-0.05, 0) is 50.6 Å². The summed E-state index contributed by atoms with van der Waals surface area (Å²) in [6.07, 6.45) is -0.189. The van der Waals surface area contributed by atoms with Crippen molar-refractivity contribution >= 4 is 29.2 Å². The maximum absolute atomic E-state index is 13.6. The van der Waals surface area contributed by atoms with E-state index in [1.54, 1.807) is 0 Å². The number of carboxylic acid groups (broad SMARTS) is 1. The molecule has 11 heteroatoms. The predicted octanol–water partition coefficient (Wildman–Crippen LogP) is -0.338. The SMILES string of the molecule is CN(C)C1C(=O)C(C(N)=O)=C(O)C2(O)C(=O)C3=C(O)c4c(O)ccc(C(=O)O)c4CC3CC12. The van der Waals surface area contributed by atoms with Crippen molar-refractivity contribution in [3.63, 3.8) is 0 Å². The number of aromatic hydroxyl groups is 1. The third-order valence-corrected chi connectivity index (χ3v) is 6.83. The van der Waals surface area contributed by atoms with Crippen LogP contribution < -0.4 is 5.73 Å². The number of rotatable bonds is 3. The average molecular weight is 458 g/mol. The number of carboxylic acids is 1. The Morgan fingerprint density at radius 2 is 1.79 bits per heavy atom. The fourth-order valence-corrected chi connectivity index (χ4v) is 5.44. The second-order valence-electron chi connectivity index (χ2n) is 8.75. The Balaban J connectivity index is 2.00. The van der Waals surface area contributed by atoms with Crippen LogP contribution in [0.1, 0.15) is 27.9 Å². The number of ketones is 2. The minimum Gasteiger partial charge on any atom is -0.508 e. The highest BCUT2D eigenvalue weighted by Crippen LogP contribution is 2.52. The molecule has 33 heavy (non-hydrogen) atoms. The number of Topliss-reactive ketones (excluding diaryl/α,β-unsaturated/α-hetero) is 2. The van der Waals surface area contributed by atoms with E-state index < -0.39 is 69.8 Å². The van der Waals surface area contributed by atoms with Crippen LogP contribution in [0.5, 0.6) is 5.75 Å². The maximum atomic E-state index is 13.6. The van der Waals surface area contributed by atoms with Crippen molar-refractivity contribution in [2.24, 2.45) is 17.6 Å². The van der Waals surface area contributed by atoms with Gasteiger partial charge in [0, 0.05) is 11.5 Å². The zero-order valence-electron chi connectivity index (χ0n) is 17.7. The van der Waals surface area contributed by atoms with Gasteiger partial charge in [-0.15, -0.1) is 0 Å². The quantitative estimate of drug-likeness (QED) is 0.326. The molecule has 0 aliphatic heterocycles. The number of phenols is 1. The van der Waals surface area contributed by atoms with Gasteiger partial charge in [-0.1, -0.05) is 0 Å². The van der Waals surface area contributed by atoms with E-state index in [1.807, 2.05) is 0 Å². The van der Waals surface area contributed by atoms with Crippen LogP contribution in [0, 0.1) is 11.8 Å². The number of phenolic OH excluding ortho intramolecular Hbond substituents is 1. The Bertz CT molecular complexity index is 1210. The Labute approximate surface area is 187 Å². The number of likely N-dealkylation sites (N-methyl/N-ethyl adjacent to an activating group) is 1. The van der Waals surface area contributed by atoms with E-state index in [4.69, 9.17) is 5.73 Å². The molecule has 1 fully saturated rings. The summed E-state index contributed by atoms with van der Waals surface area (Å²) in [4.78, 5) is 51.6. The highest BCUT2D eigenvalue weighted by molar-refractivity contribution is 6.24. The number of carbonyl (C=O) groups excluding carboxylic acids is 3. The largest absolute Gasteiger partial charge is 0.508 e. The molecule has 0 spiro atoms. The van der Waals surface area contributed by atoms with Gasteiger partial charge in [-0.3, -0.25) is 19.3 Å². The van der Waals surface area contributed by atoms with Crippen molar-refractivity contribution in [2.75, 3.05) is 14.1 Å². The van der Waals surface area contributed by atoms with Crippen molar-refractivity contribution in [3.05, 3.63) is 45.7 Å². The Hall–Kier alpha value is -3.70. The lowest BCUT2D eigenvalue weighted by atomic mass is 9.57. The van der Waals surface area contributed by atoms with Crippen LogP contribution in [0.15, 0.2) is 29.0 Å². The molecule has 0 saturated heterocycles. The van der Waals surface area contributed by atoms with Crippen molar-refractivity contribution < 1.29 is 44.7 Å². The van der Waals surface area contributed by atoms with Gasteiger partial charge in [0.25, 0.3) is 5.91 Å². The van der Waals surface area contributed by atoms with Crippen LogP contribution >= 0.6 is 0 Å². The van der Waals surface area contributed by atoms with E-state index in [-0.39, 0.29) is 35.1 Å². The fourth-order valence-electron chi connectivity index (χ4n) is 5.44. The van der Waals surface area contributed by atoms with Crippen molar-refractivity contribution in [1.29, 1.82) is 0 Å². The number of hydrogen-bond acceptors (Lipinski definition) is 9. The third-order valence-electron chi connectivity index (χ3n) is 6.83. The van der Waals surface area contributed by atoms with Gasteiger partial charge in [0.15, 0.2) is 11.4 Å². The Morgan fingerprint density at radius 3 is 2.33 bits per heavy atom. The topological polar surface area (TPSA) is 199 Å². The van der Waals surface area contributed by atoms with Crippen LogP contribution in [0.4, 0.5) is 0 Å². The molecule has 4 unspecified atom stereocenters. The number of nitrogens with zero attached hydrogens (tertiary/aromatic N) is 1. The molecule has 0 bridgehead atoms. The zero-order valence-corrected chi connectivity index (χ0v) is 17.7. The number of benzene rings is 1. The molecule has 1 saturated carbocycles. The summed E-state index contributed by atoms with van der Waals surface area (Å²) >= 11 is 0. The Kier molecular flexibility index (Phi) is 4.88. The summed E-state index contributed by atoms with van der Waals surface area (Å²) in [7, 11) is 2.99. The summed E-state index contributed by atoms with van der Waals surface area (Å²) in [5.41, 5.74) is 0.965. The van der Waals surface area contributed by atoms with E-state index in [0.29, 0.717) is 0 Å². The first-order chi connectivity index (χ1) is 15.3. The van der Waals surface area contributed by atoms with Gasteiger partial charge < -0.3 is 31.3 Å². The van der Waals surface area contributed by atoms with Crippen molar-refractivity contribution in [3.8, 4) is 5.75 Å². The standard InChI is InChI=1S/C22H22N2O9/c1-24(2)15-10-6-7-5-9-8(21(31)32)3-4-11(25)13(9)16(26)12(7)18(28)22(10,33)19(29)14(17(15)27)20(23)30/h3-4,7,10,15,25-26,29,33H,5-6H2,1-2H3,(H2,23,30)(H,31,32). The van der Waals surface area contributed by atoms with Gasteiger partial charge in [-0.2, -0.15) is 0 Å². The second kappa shape index (κ2) is 7.15. The molecule has 174 valence electrons. The maximum Gasteiger partial charge on any atom is 0.335 e. The minimum atomic E-state index is -2.73. The number of fused-ring (bicyclic) bond motifs is 3. The number of carbonyl (C=O) groups is 4. The monoisotopic (exact) mass is 458 g/mol. The fraction of sp³-hybridized carbons (Fsp3) is 0.364. The lowest BCUT2D eigenvalue weighted by Crippen LogP contribution is -2.65. The summed E-state index contributed by atoms with van der Waals surface area (Å²) < 4.78 is 0. The minimum absolute atomic E-state index is 0.0788. The van der Waals surface area contributed by atoms with Crippen LogP contribution in [0.3, 0.4) is 0 Å². The van der Waals surface area contributed by atoms with E-state index in [9.17, 15) is 44.7 Å². The molecule has 1 amide bonds. The summed E-state index contributed by atoms with van der Waals surface area (Å²) in [6, 6.07) is 1.04. The van der Waals surface area contributed by atoms with E-state index >= 15 is 0 Å². The number of amides is 1. The normalized spacial score (nSPS) is 29.0. The van der Waals surface area contributed by atoms with E-state index in [0.717, 1.165) is 6.07 Å². The van der Waals surface area contributed by atoms with Crippen LogP contribution in [-0.2, 0) is 20.8 Å². The molecule has 1 aromatic carbocycles. The van der Waals surface area contributed by atoms with E-state index in [1.165, 1.54) is 25.1 Å². The molecular weight excluding hydrogens is 436 g/mol. The molecular formula is C22H22N2O9.